The third-order valence-electron chi connectivity index (χ3n) is 16.3. The molecule has 0 spiro atoms. The number of aliphatic hydroxyl groups excluding tert-OH is 5. The second kappa shape index (κ2) is 32.8. The zero-order chi connectivity index (χ0) is 68.8. The molecule has 0 amide bonds. The summed E-state index contributed by atoms with van der Waals surface area (Å²) in [5.74, 6) is -6.16. The summed E-state index contributed by atoms with van der Waals surface area (Å²) in [5.41, 5.74) is -3.18. The van der Waals surface area contributed by atoms with E-state index in [0.717, 1.165) is 9.80 Å². The van der Waals surface area contributed by atoms with E-state index in [-0.39, 0.29) is 112 Å². The van der Waals surface area contributed by atoms with Crippen molar-refractivity contribution in [2.45, 2.75) is 289 Å². The van der Waals surface area contributed by atoms with Crippen molar-refractivity contribution < 1.29 is 101 Å². The zero-order valence-corrected chi connectivity index (χ0v) is 56.1. The Hall–Kier alpha value is -3.37. The molecular formula is C59H118N8O20. The van der Waals surface area contributed by atoms with Crippen LogP contribution in [0, 0.1) is 0 Å². The van der Waals surface area contributed by atoms with Crippen LogP contribution >= 0.6 is 0 Å². The zero-order valence-electron chi connectivity index (χ0n) is 56.1. The van der Waals surface area contributed by atoms with E-state index in [1.807, 2.05) is 138 Å². The Morgan fingerprint density at radius 1 is 0.264 bits per heavy atom. The van der Waals surface area contributed by atoms with E-state index in [1.165, 1.54) is 30.2 Å². The van der Waals surface area contributed by atoms with Gasteiger partial charge in [0, 0.05) is 81.6 Å². The van der Waals surface area contributed by atoms with Crippen LogP contribution in [0.1, 0.15) is 203 Å². The number of hydrogen-bond acceptors (Lipinski definition) is 23. The molecule has 28 heteroatoms. The second-order valence-electron chi connectivity index (χ2n) is 30.7. The van der Waals surface area contributed by atoms with Crippen LogP contribution < -0.4 is 0 Å². The van der Waals surface area contributed by atoms with E-state index in [1.54, 1.807) is 0 Å². The van der Waals surface area contributed by atoms with Gasteiger partial charge in [-0.05, 0) is 203 Å². The van der Waals surface area contributed by atoms with Crippen molar-refractivity contribution in [3.05, 3.63) is 0 Å². The number of hydrogen-bond donors (Lipinski definition) is 15. The lowest BCUT2D eigenvalue weighted by Crippen LogP contribution is -2.60. The van der Waals surface area contributed by atoms with E-state index in [4.69, 9.17) is 25.5 Å². The minimum atomic E-state index is -1.24. The molecule has 0 atom stereocenters. The maximum atomic E-state index is 11.0. The molecule has 0 aromatic heterocycles. The fraction of sp³-hybridized carbons (Fsp3) is 0.915. The van der Waals surface area contributed by atoms with Gasteiger partial charge in [0.15, 0.2) is 0 Å². The highest BCUT2D eigenvalue weighted by atomic mass is 16.5. The van der Waals surface area contributed by atoms with Crippen molar-refractivity contribution in [3.8, 4) is 0 Å². The molecule has 0 aromatic carbocycles. The number of hydroxylamine groups is 10. The standard InChI is InChI=1S/C14H23N3O10.5C9H19NO2/c18-10(19)5-15(1-3-16(6-11(20)21)7-12(22)23)2-4-17(8-13(24)25)9-14(26)27;5*1-8(2)5-7(11)6-9(3,4)10(8)12/h1-9H2,(H,18,19)(H,20,21)(H,22,23)(H,24,25)(H,26,27);5*7,11-12H,5-6H2,1-4H3. The van der Waals surface area contributed by atoms with Crippen LogP contribution in [0.4, 0.5) is 0 Å². The summed E-state index contributed by atoms with van der Waals surface area (Å²) in [4.78, 5) is 57.6. The van der Waals surface area contributed by atoms with E-state index in [0.29, 0.717) is 64.2 Å². The predicted molar refractivity (Wildman–Crippen MR) is 323 cm³/mol. The van der Waals surface area contributed by atoms with Gasteiger partial charge in [-0.1, -0.05) is 0 Å². The quantitative estimate of drug-likeness (QED) is 0.103. The second-order valence-corrected chi connectivity index (χ2v) is 30.7. The van der Waals surface area contributed by atoms with Gasteiger partial charge >= 0.3 is 29.8 Å². The Balaban J connectivity index is 0.00000106. The highest BCUT2D eigenvalue weighted by Gasteiger charge is 2.48. The van der Waals surface area contributed by atoms with Crippen molar-refractivity contribution >= 4 is 29.8 Å². The maximum absolute atomic E-state index is 11.0. The van der Waals surface area contributed by atoms with Crippen LogP contribution in [0.25, 0.3) is 0 Å². The summed E-state index contributed by atoms with van der Waals surface area (Å²) in [7, 11) is 0. The molecule has 5 saturated heterocycles. The lowest BCUT2D eigenvalue weighted by Gasteiger charge is -2.50. The van der Waals surface area contributed by atoms with Crippen LogP contribution in [0.3, 0.4) is 0 Å². The molecule has 87 heavy (non-hydrogen) atoms. The van der Waals surface area contributed by atoms with Gasteiger partial charge in [-0.2, -0.15) is 25.3 Å². The number of piperidine rings is 5. The van der Waals surface area contributed by atoms with Crippen molar-refractivity contribution in [2.24, 2.45) is 0 Å². The summed E-state index contributed by atoms with van der Waals surface area (Å²) in [6.45, 7) is 36.1. The van der Waals surface area contributed by atoms with E-state index < -0.39 is 62.6 Å². The number of carbonyl (C=O) groups is 5. The summed E-state index contributed by atoms with van der Waals surface area (Å²) in [6, 6.07) is 0. The molecule has 0 bridgehead atoms. The first-order chi connectivity index (χ1) is 38.8. The number of carboxylic acid groups (broad SMARTS) is 5. The van der Waals surface area contributed by atoms with Gasteiger partial charge < -0.3 is 77.1 Å². The molecule has 15 N–H and O–H groups in total. The predicted octanol–water partition coefficient (Wildman–Crippen LogP) is 4.26. The monoisotopic (exact) mass is 1260 g/mol. The van der Waals surface area contributed by atoms with Crippen LogP contribution in [-0.2, 0) is 24.0 Å². The van der Waals surface area contributed by atoms with Crippen molar-refractivity contribution in [1.29, 1.82) is 0 Å². The fourth-order valence-electron chi connectivity index (χ4n) is 13.3. The Morgan fingerprint density at radius 2 is 0.368 bits per heavy atom. The first-order valence-electron chi connectivity index (χ1n) is 29.9. The lowest BCUT2D eigenvalue weighted by atomic mass is 9.80. The van der Waals surface area contributed by atoms with Gasteiger partial charge in [0.2, 0.25) is 0 Å². The van der Waals surface area contributed by atoms with Gasteiger partial charge in [-0.25, -0.2) is 0 Å². The Bertz CT molecular complexity index is 1780. The number of aliphatic carboxylic acids is 5. The molecule has 5 aliphatic heterocycles. The molecule has 28 nitrogen and oxygen atoms in total. The largest absolute Gasteiger partial charge is 0.480 e. The minimum absolute atomic E-state index is 0.000836. The number of aliphatic hydroxyl groups is 5. The highest BCUT2D eigenvalue weighted by Crippen LogP contribution is 2.40. The highest BCUT2D eigenvalue weighted by molar-refractivity contribution is 5.73. The van der Waals surface area contributed by atoms with Crippen molar-refractivity contribution in [2.75, 3.05) is 58.9 Å². The molecule has 0 aromatic rings. The molecule has 0 saturated carbocycles. The normalized spacial score (nSPS) is 24.5. The van der Waals surface area contributed by atoms with E-state index in [2.05, 4.69) is 0 Å². The smallest absolute Gasteiger partial charge is 0.317 e. The minimum Gasteiger partial charge on any atom is -0.480 e. The summed E-state index contributed by atoms with van der Waals surface area (Å²) in [5, 5.41) is 148. The maximum Gasteiger partial charge on any atom is 0.317 e. The van der Waals surface area contributed by atoms with Crippen molar-refractivity contribution in [3.63, 3.8) is 0 Å². The molecule has 5 heterocycles. The average molecular weight is 1260 g/mol. The van der Waals surface area contributed by atoms with Crippen molar-refractivity contribution in [1.82, 2.24) is 40.0 Å². The Morgan fingerprint density at radius 3 is 0.483 bits per heavy atom. The Labute approximate surface area is 516 Å². The number of carboxylic acids is 5. The van der Waals surface area contributed by atoms with Gasteiger partial charge in [-0.15, -0.1) is 0 Å². The SMILES string of the molecule is CC1(C)CC(O)CC(C)(C)N1O.CC1(C)CC(O)CC(C)(C)N1O.CC1(C)CC(O)CC(C)(C)N1O.CC1(C)CC(O)CC(C)(C)N1O.CC1(C)CC(O)CC(C)(C)N1O.O=C(O)CN(CCN(CC(=O)O)CC(=O)O)CCN(CC(=O)O)CC(=O)O. The van der Waals surface area contributed by atoms with Gasteiger partial charge in [0.05, 0.1) is 63.2 Å². The van der Waals surface area contributed by atoms with Gasteiger partial charge in [-0.3, -0.25) is 38.7 Å². The third kappa shape index (κ3) is 28.8. The summed E-state index contributed by atoms with van der Waals surface area (Å²) >= 11 is 0. The number of nitrogens with zero attached hydrogens (tertiary/aromatic N) is 8. The van der Waals surface area contributed by atoms with Crippen LogP contribution in [-0.4, -0.2) is 292 Å². The molecule has 0 aliphatic carbocycles. The first-order valence-corrected chi connectivity index (χ1v) is 29.9. The molecule has 0 unspecified atom stereocenters. The average Bonchev–Trinajstić information content (AvgIpc) is 1.43. The van der Waals surface area contributed by atoms with E-state index in [9.17, 15) is 75.5 Å². The Kier molecular flexibility index (Phi) is 31.5. The van der Waals surface area contributed by atoms with Crippen LogP contribution in [0.2, 0.25) is 0 Å². The molecule has 5 rings (SSSR count). The van der Waals surface area contributed by atoms with E-state index >= 15 is 0 Å². The lowest BCUT2D eigenvalue weighted by molar-refractivity contribution is -0.257. The summed E-state index contributed by atoms with van der Waals surface area (Å²) < 4.78 is 0. The van der Waals surface area contributed by atoms with Gasteiger partial charge in [0.1, 0.15) is 0 Å². The van der Waals surface area contributed by atoms with Crippen LogP contribution in [0.15, 0.2) is 0 Å². The molecule has 0 radical (unpaired) electrons. The topological polar surface area (TPSA) is 415 Å². The van der Waals surface area contributed by atoms with Crippen LogP contribution in [0.5, 0.6) is 0 Å². The molecule has 5 aliphatic rings. The van der Waals surface area contributed by atoms with Gasteiger partial charge in [0.25, 0.3) is 0 Å². The first kappa shape index (κ1) is 83.6. The third-order valence-corrected chi connectivity index (χ3v) is 16.3. The summed E-state index contributed by atoms with van der Waals surface area (Å²) in [6.07, 6.45) is 4.85. The molecule has 514 valence electrons. The number of rotatable bonds is 16. The molecular weight excluding hydrogens is 1140 g/mol. The molecule has 5 fully saturated rings. The fourth-order valence-corrected chi connectivity index (χ4v) is 13.3.